The van der Waals surface area contributed by atoms with E-state index >= 15 is 0 Å². The van der Waals surface area contributed by atoms with Gasteiger partial charge in [-0.3, -0.25) is 0 Å². The Hall–Kier alpha value is -0.450. The minimum atomic E-state index is 0.0600. The van der Waals surface area contributed by atoms with Crippen LogP contribution in [0.1, 0.15) is 44.0 Å². The molecule has 1 aliphatic heterocycles. The molecule has 0 aromatic heterocycles. The molecule has 1 aliphatic rings. The highest BCUT2D eigenvalue weighted by molar-refractivity contribution is 9.09. The predicted molar refractivity (Wildman–Crippen MR) is 89.0 cm³/mol. The van der Waals surface area contributed by atoms with Gasteiger partial charge in [0.05, 0.1) is 30.2 Å². The molecule has 0 saturated carbocycles. The fourth-order valence-electron chi connectivity index (χ4n) is 2.55. The van der Waals surface area contributed by atoms with Gasteiger partial charge in [0, 0.05) is 11.1 Å². The number of benzene rings is 1. The molecular formula is C16H22BrClO3. The van der Waals surface area contributed by atoms with Crippen LogP contribution in [0.3, 0.4) is 0 Å². The molecule has 21 heavy (non-hydrogen) atoms. The van der Waals surface area contributed by atoms with Crippen molar-refractivity contribution < 1.29 is 14.2 Å². The maximum atomic E-state index is 6.43. The molecule has 118 valence electrons. The Balaban J connectivity index is 2.27. The molecule has 3 nitrogen and oxygen atoms in total. The third-order valence-corrected chi connectivity index (χ3v) is 4.96. The van der Waals surface area contributed by atoms with E-state index in [9.17, 15) is 0 Å². The maximum absolute atomic E-state index is 6.43. The second-order valence-corrected chi connectivity index (χ2v) is 6.54. The summed E-state index contributed by atoms with van der Waals surface area (Å²) in [6.07, 6.45) is 2.57. The van der Waals surface area contributed by atoms with Crippen LogP contribution in [-0.4, -0.2) is 25.4 Å². The average Bonchev–Trinajstić information content (AvgIpc) is 2.88. The molecular weight excluding hydrogens is 356 g/mol. The average molecular weight is 378 g/mol. The molecule has 0 N–H and O–H groups in total. The number of hydrogen-bond acceptors (Lipinski definition) is 3. The highest BCUT2D eigenvalue weighted by atomic mass is 79.9. The van der Waals surface area contributed by atoms with Gasteiger partial charge in [0.1, 0.15) is 0 Å². The van der Waals surface area contributed by atoms with Crippen molar-refractivity contribution in [2.45, 2.75) is 50.6 Å². The van der Waals surface area contributed by atoms with Crippen LogP contribution in [-0.2, 0) is 4.74 Å². The van der Waals surface area contributed by atoms with E-state index in [-0.39, 0.29) is 10.9 Å². The van der Waals surface area contributed by atoms with Crippen LogP contribution < -0.4 is 9.47 Å². The zero-order valence-corrected chi connectivity index (χ0v) is 15.0. The minimum absolute atomic E-state index is 0.0600. The number of hydrogen-bond donors (Lipinski definition) is 0. The molecule has 3 atom stereocenters. The molecule has 0 amide bonds. The van der Waals surface area contributed by atoms with Crippen molar-refractivity contribution in [2.24, 2.45) is 0 Å². The zero-order valence-electron chi connectivity index (χ0n) is 12.7. The van der Waals surface area contributed by atoms with E-state index in [2.05, 4.69) is 22.9 Å². The Morgan fingerprint density at radius 3 is 2.38 bits per heavy atom. The van der Waals surface area contributed by atoms with Gasteiger partial charge in [-0.05, 0) is 45.2 Å². The van der Waals surface area contributed by atoms with Gasteiger partial charge in [-0.2, -0.15) is 0 Å². The summed E-state index contributed by atoms with van der Waals surface area (Å²) in [6.45, 7) is 7.17. The Morgan fingerprint density at radius 1 is 1.24 bits per heavy atom. The van der Waals surface area contributed by atoms with Crippen LogP contribution >= 0.6 is 27.5 Å². The molecule has 1 fully saturated rings. The summed E-state index contributed by atoms with van der Waals surface area (Å²) in [5.41, 5.74) is 0.989. The summed E-state index contributed by atoms with van der Waals surface area (Å²) in [5.74, 6) is 1.42. The van der Waals surface area contributed by atoms with Crippen molar-refractivity contribution in [3.63, 3.8) is 0 Å². The highest BCUT2D eigenvalue weighted by Gasteiger charge is 2.31. The maximum Gasteiger partial charge on any atom is 0.162 e. The molecule has 0 radical (unpaired) electrons. The molecule has 5 heteroatoms. The highest BCUT2D eigenvalue weighted by Crippen LogP contribution is 2.43. The lowest BCUT2D eigenvalue weighted by atomic mass is 10.0. The first-order chi connectivity index (χ1) is 10.1. The SMILES string of the molecule is CCOc1cc(Cl)c(C(Br)C2CCC(C)O2)cc1OCC. The number of alkyl halides is 1. The monoisotopic (exact) mass is 376 g/mol. The molecule has 3 unspecified atom stereocenters. The van der Waals surface area contributed by atoms with E-state index < -0.39 is 0 Å². The lowest BCUT2D eigenvalue weighted by Crippen LogP contribution is -2.15. The molecule has 1 heterocycles. The fraction of sp³-hybridized carbons (Fsp3) is 0.625. The van der Waals surface area contributed by atoms with Crippen molar-refractivity contribution in [3.05, 3.63) is 22.7 Å². The summed E-state index contributed by atoms with van der Waals surface area (Å²) in [4.78, 5) is 0.0600. The van der Waals surface area contributed by atoms with Crippen molar-refractivity contribution in [1.82, 2.24) is 0 Å². The first kappa shape index (κ1) is 16.9. The van der Waals surface area contributed by atoms with Crippen molar-refractivity contribution in [2.75, 3.05) is 13.2 Å². The summed E-state index contributed by atoms with van der Waals surface area (Å²) < 4.78 is 17.2. The second kappa shape index (κ2) is 7.70. The summed E-state index contributed by atoms with van der Waals surface area (Å²) in [6, 6.07) is 3.79. The van der Waals surface area contributed by atoms with Gasteiger partial charge in [0.15, 0.2) is 11.5 Å². The fourth-order valence-corrected chi connectivity index (χ4v) is 3.72. The van der Waals surface area contributed by atoms with E-state index in [1.165, 1.54) is 0 Å². The van der Waals surface area contributed by atoms with Crippen LogP contribution in [0.5, 0.6) is 11.5 Å². The third kappa shape index (κ3) is 4.05. The molecule has 2 rings (SSSR count). The summed E-state index contributed by atoms with van der Waals surface area (Å²) >= 11 is 10.2. The normalized spacial score (nSPS) is 23.1. The largest absolute Gasteiger partial charge is 0.490 e. The molecule has 1 saturated heterocycles. The Labute approximate surface area is 140 Å². The molecule has 1 aromatic rings. The van der Waals surface area contributed by atoms with E-state index in [0.717, 1.165) is 24.2 Å². The van der Waals surface area contributed by atoms with Crippen molar-refractivity contribution in [1.29, 1.82) is 0 Å². The van der Waals surface area contributed by atoms with Gasteiger partial charge < -0.3 is 14.2 Å². The summed E-state index contributed by atoms with van der Waals surface area (Å²) in [7, 11) is 0. The van der Waals surface area contributed by atoms with Crippen LogP contribution in [0.4, 0.5) is 0 Å². The molecule has 0 spiro atoms. The van der Waals surface area contributed by atoms with Gasteiger partial charge in [-0.25, -0.2) is 0 Å². The van der Waals surface area contributed by atoms with Crippen LogP contribution in [0.25, 0.3) is 0 Å². The van der Waals surface area contributed by atoms with Crippen molar-refractivity contribution >= 4 is 27.5 Å². The standard InChI is InChI=1S/C16H22BrClO3/c1-4-19-14-8-11(12(18)9-15(14)20-5-2)16(17)13-7-6-10(3)21-13/h8-10,13,16H,4-7H2,1-3H3. The second-order valence-electron chi connectivity index (χ2n) is 5.15. The predicted octanol–water partition coefficient (Wildman–Crippen LogP) is 5.14. The lowest BCUT2D eigenvalue weighted by Gasteiger charge is -2.21. The van der Waals surface area contributed by atoms with Crippen LogP contribution in [0.2, 0.25) is 5.02 Å². The van der Waals surface area contributed by atoms with E-state index in [0.29, 0.717) is 30.1 Å². The first-order valence-electron chi connectivity index (χ1n) is 7.45. The number of rotatable bonds is 6. The van der Waals surface area contributed by atoms with Gasteiger partial charge in [-0.1, -0.05) is 27.5 Å². The molecule has 0 bridgehead atoms. The van der Waals surface area contributed by atoms with E-state index in [4.69, 9.17) is 25.8 Å². The van der Waals surface area contributed by atoms with Crippen LogP contribution in [0.15, 0.2) is 12.1 Å². The van der Waals surface area contributed by atoms with Crippen molar-refractivity contribution in [3.8, 4) is 11.5 Å². The smallest absolute Gasteiger partial charge is 0.162 e. The third-order valence-electron chi connectivity index (χ3n) is 3.55. The van der Waals surface area contributed by atoms with Gasteiger partial charge >= 0.3 is 0 Å². The first-order valence-corrected chi connectivity index (χ1v) is 8.74. The Bertz CT molecular complexity index is 481. The molecule has 0 aliphatic carbocycles. The number of halogens is 2. The van der Waals surface area contributed by atoms with Crippen LogP contribution in [0, 0.1) is 0 Å². The van der Waals surface area contributed by atoms with Gasteiger partial charge in [-0.15, -0.1) is 0 Å². The quantitative estimate of drug-likeness (QED) is 0.642. The van der Waals surface area contributed by atoms with Gasteiger partial charge in [0.2, 0.25) is 0 Å². The Morgan fingerprint density at radius 2 is 1.86 bits per heavy atom. The van der Waals surface area contributed by atoms with E-state index in [1.807, 2.05) is 26.0 Å². The topological polar surface area (TPSA) is 27.7 Å². The minimum Gasteiger partial charge on any atom is -0.490 e. The summed E-state index contributed by atoms with van der Waals surface area (Å²) in [5, 5.41) is 0.673. The zero-order chi connectivity index (χ0) is 15.4. The van der Waals surface area contributed by atoms with E-state index in [1.54, 1.807) is 0 Å². The van der Waals surface area contributed by atoms with Gasteiger partial charge in [0.25, 0.3) is 0 Å². The molecule has 1 aromatic carbocycles. The Kier molecular flexibility index (Phi) is 6.20. The number of ether oxygens (including phenoxy) is 3. The lowest BCUT2D eigenvalue weighted by molar-refractivity contribution is 0.0556.